The molecule has 1 saturated heterocycles. The second-order valence-corrected chi connectivity index (χ2v) is 7.80. The average molecular weight is 431 g/mol. The maximum absolute atomic E-state index is 14.3. The van der Waals surface area contributed by atoms with Crippen molar-refractivity contribution in [1.29, 1.82) is 0 Å². The predicted octanol–water partition coefficient (Wildman–Crippen LogP) is 3.90. The number of carbonyl (C=O) groups excluding carboxylic acids is 1. The normalized spacial score (nSPS) is 14.5. The van der Waals surface area contributed by atoms with E-state index < -0.39 is 23.9 Å². The Labute approximate surface area is 179 Å². The van der Waals surface area contributed by atoms with E-state index in [1.165, 1.54) is 17.0 Å². The molecule has 2 aromatic rings. The van der Waals surface area contributed by atoms with Crippen LogP contribution in [0, 0.1) is 5.82 Å². The molecule has 31 heavy (non-hydrogen) atoms. The van der Waals surface area contributed by atoms with E-state index in [2.05, 4.69) is 4.98 Å². The first-order chi connectivity index (χ1) is 14.8. The summed E-state index contributed by atoms with van der Waals surface area (Å²) in [5.74, 6) is -1.08. The largest absolute Gasteiger partial charge is 0.487 e. The Kier molecular flexibility index (Phi) is 7.06. The highest BCUT2D eigenvalue weighted by Gasteiger charge is 2.23. The molecular weight excluding hydrogens is 405 g/mol. The van der Waals surface area contributed by atoms with Crippen LogP contribution < -0.4 is 4.74 Å². The number of benzene rings is 1. The van der Waals surface area contributed by atoms with E-state index in [0.29, 0.717) is 23.8 Å². The molecule has 1 aliphatic rings. The Hall–Kier alpha value is -3.20. The second-order valence-electron chi connectivity index (χ2n) is 7.80. The molecule has 166 valence electrons. The van der Waals surface area contributed by atoms with Crippen molar-refractivity contribution in [3.8, 4) is 5.75 Å². The molecule has 2 N–H and O–H groups in total. The highest BCUT2D eigenvalue weighted by Crippen LogP contribution is 2.28. The molecule has 8 nitrogen and oxygen atoms in total. The number of halogens is 1. The zero-order chi connectivity index (χ0) is 22.5. The zero-order valence-electron chi connectivity index (χ0n) is 17.5. The van der Waals surface area contributed by atoms with E-state index in [0.717, 1.165) is 24.5 Å². The Bertz CT molecular complexity index is 927. The van der Waals surface area contributed by atoms with Gasteiger partial charge in [-0.3, -0.25) is 15.0 Å². The summed E-state index contributed by atoms with van der Waals surface area (Å²) < 4.78 is 19.9. The number of piperidine rings is 1. The van der Waals surface area contributed by atoms with Crippen LogP contribution in [-0.2, 0) is 6.61 Å². The molecular formula is C22H26FN3O5. The van der Waals surface area contributed by atoms with Gasteiger partial charge < -0.3 is 14.7 Å². The fourth-order valence-electron chi connectivity index (χ4n) is 3.44. The van der Waals surface area contributed by atoms with E-state index in [1.807, 2.05) is 12.1 Å². The van der Waals surface area contributed by atoms with Gasteiger partial charge in [-0.05, 0) is 56.4 Å². The standard InChI is InChI=1S/C22H26FN3O5/c1-14(2)26(30)21(27)19-6-5-18(11-20(19)23)31-13-17-4-3-16(12-24-17)15-7-9-25(10-8-15)22(28)29/h3-6,11-12,14-15,30H,7-10,13H2,1-2H3,(H,28,29). The number of ether oxygens (including phenoxy) is 1. The van der Waals surface area contributed by atoms with Crippen LogP contribution in [0.25, 0.3) is 0 Å². The summed E-state index contributed by atoms with van der Waals surface area (Å²) in [4.78, 5) is 28.9. The minimum Gasteiger partial charge on any atom is -0.487 e. The number of carboxylic acid groups (broad SMARTS) is 1. The van der Waals surface area contributed by atoms with Gasteiger partial charge in [0.1, 0.15) is 18.2 Å². The number of aromatic nitrogens is 1. The van der Waals surface area contributed by atoms with Crippen LogP contribution in [0.1, 0.15) is 54.2 Å². The third kappa shape index (κ3) is 5.49. The van der Waals surface area contributed by atoms with E-state index in [-0.39, 0.29) is 23.8 Å². The number of hydrogen-bond acceptors (Lipinski definition) is 5. The maximum atomic E-state index is 14.3. The highest BCUT2D eigenvalue weighted by atomic mass is 19.1. The summed E-state index contributed by atoms with van der Waals surface area (Å²) in [5.41, 5.74) is 1.48. The summed E-state index contributed by atoms with van der Waals surface area (Å²) >= 11 is 0. The lowest BCUT2D eigenvalue weighted by molar-refractivity contribution is -0.0797. The maximum Gasteiger partial charge on any atom is 0.407 e. The number of pyridine rings is 1. The van der Waals surface area contributed by atoms with Crippen molar-refractivity contribution < 1.29 is 29.0 Å². The molecule has 0 spiro atoms. The van der Waals surface area contributed by atoms with Crippen LogP contribution >= 0.6 is 0 Å². The van der Waals surface area contributed by atoms with E-state index in [4.69, 9.17) is 9.84 Å². The monoisotopic (exact) mass is 431 g/mol. The average Bonchev–Trinajstić information content (AvgIpc) is 2.77. The highest BCUT2D eigenvalue weighted by molar-refractivity contribution is 5.94. The summed E-state index contributed by atoms with van der Waals surface area (Å²) in [6.07, 6.45) is 2.41. The molecule has 0 bridgehead atoms. The third-order valence-electron chi connectivity index (χ3n) is 5.34. The van der Waals surface area contributed by atoms with Gasteiger partial charge in [0, 0.05) is 25.4 Å². The zero-order valence-corrected chi connectivity index (χ0v) is 17.5. The first-order valence-corrected chi connectivity index (χ1v) is 10.1. The van der Waals surface area contributed by atoms with Gasteiger partial charge in [0.2, 0.25) is 0 Å². The van der Waals surface area contributed by atoms with Gasteiger partial charge in [-0.15, -0.1) is 0 Å². The van der Waals surface area contributed by atoms with Crippen LogP contribution in [0.15, 0.2) is 36.5 Å². The van der Waals surface area contributed by atoms with Gasteiger partial charge in [0.25, 0.3) is 5.91 Å². The summed E-state index contributed by atoms with van der Waals surface area (Å²) in [6, 6.07) is 7.16. The SMILES string of the molecule is CC(C)N(O)C(=O)c1ccc(OCc2ccc(C3CCN(C(=O)O)CC3)cn2)cc1F. The lowest BCUT2D eigenvalue weighted by atomic mass is 9.90. The number of rotatable bonds is 6. The van der Waals surface area contributed by atoms with Gasteiger partial charge in [-0.2, -0.15) is 0 Å². The first-order valence-electron chi connectivity index (χ1n) is 10.1. The van der Waals surface area contributed by atoms with Crippen molar-refractivity contribution in [3.63, 3.8) is 0 Å². The molecule has 2 heterocycles. The number of hydrogen-bond donors (Lipinski definition) is 2. The molecule has 1 aromatic carbocycles. The Balaban J connectivity index is 1.56. The Morgan fingerprint density at radius 2 is 1.97 bits per heavy atom. The lowest BCUT2D eigenvalue weighted by Crippen LogP contribution is -2.36. The molecule has 9 heteroatoms. The van der Waals surface area contributed by atoms with Crippen molar-refractivity contribution in [1.82, 2.24) is 14.9 Å². The van der Waals surface area contributed by atoms with Crippen molar-refractivity contribution in [2.24, 2.45) is 0 Å². The quantitative estimate of drug-likeness (QED) is 0.531. The molecule has 0 radical (unpaired) electrons. The van der Waals surface area contributed by atoms with Crippen LogP contribution in [0.4, 0.5) is 9.18 Å². The van der Waals surface area contributed by atoms with E-state index in [9.17, 15) is 19.2 Å². The number of carbonyl (C=O) groups is 2. The fraction of sp³-hybridized carbons (Fsp3) is 0.409. The van der Waals surface area contributed by atoms with Crippen molar-refractivity contribution in [2.75, 3.05) is 13.1 Å². The van der Waals surface area contributed by atoms with Gasteiger partial charge in [-0.1, -0.05) is 6.07 Å². The lowest BCUT2D eigenvalue weighted by Gasteiger charge is -2.30. The van der Waals surface area contributed by atoms with Crippen molar-refractivity contribution >= 4 is 12.0 Å². The minimum atomic E-state index is -0.883. The summed E-state index contributed by atoms with van der Waals surface area (Å²) in [7, 11) is 0. The number of nitrogens with zero attached hydrogens (tertiary/aromatic N) is 3. The van der Waals surface area contributed by atoms with Crippen molar-refractivity contribution in [2.45, 2.75) is 45.3 Å². The minimum absolute atomic E-state index is 0.128. The summed E-state index contributed by atoms with van der Waals surface area (Å²) in [6.45, 7) is 4.39. The van der Waals surface area contributed by atoms with Crippen LogP contribution in [-0.4, -0.2) is 56.4 Å². The molecule has 0 atom stereocenters. The van der Waals surface area contributed by atoms with Gasteiger partial charge in [0.15, 0.2) is 0 Å². The van der Waals surface area contributed by atoms with E-state index >= 15 is 0 Å². The Morgan fingerprint density at radius 3 is 2.52 bits per heavy atom. The molecule has 1 fully saturated rings. The topological polar surface area (TPSA) is 103 Å². The van der Waals surface area contributed by atoms with Gasteiger partial charge in [-0.25, -0.2) is 14.2 Å². The first kappa shape index (κ1) is 22.5. The molecule has 1 aliphatic heterocycles. The third-order valence-corrected chi connectivity index (χ3v) is 5.34. The summed E-state index contributed by atoms with van der Waals surface area (Å²) in [5, 5.41) is 19.2. The molecule has 3 rings (SSSR count). The molecule has 0 aliphatic carbocycles. The van der Waals surface area contributed by atoms with Crippen LogP contribution in [0.3, 0.4) is 0 Å². The predicted molar refractivity (Wildman–Crippen MR) is 110 cm³/mol. The van der Waals surface area contributed by atoms with Gasteiger partial charge in [0.05, 0.1) is 17.3 Å². The van der Waals surface area contributed by atoms with Crippen LogP contribution in [0.5, 0.6) is 5.75 Å². The smallest absolute Gasteiger partial charge is 0.407 e. The number of likely N-dealkylation sites (tertiary alicyclic amines) is 1. The number of hydroxylamine groups is 2. The van der Waals surface area contributed by atoms with E-state index in [1.54, 1.807) is 20.0 Å². The molecule has 1 aromatic heterocycles. The fourth-order valence-corrected chi connectivity index (χ4v) is 3.44. The van der Waals surface area contributed by atoms with Crippen LogP contribution in [0.2, 0.25) is 0 Å². The number of amides is 2. The molecule has 0 unspecified atom stereocenters. The molecule has 2 amide bonds. The molecule has 0 saturated carbocycles. The Morgan fingerprint density at radius 1 is 1.26 bits per heavy atom. The second kappa shape index (κ2) is 9.74. The van der Waals surface area contributed by atoms with Crippen molar-refractivity contribution in [3.05, 3.63) is 59.2 Å². The van der Waals surface area contributed by atoms with Gasteiger partial charge >= 0.3 is 6.09 Å².